The van der Waals surface area contributed by atoms with Gasteiger partial charge in [-0.05, 0) is 54.2 Å². The van der Waals surface area contributed by atoms with E-state index in [2.05, 4.69) is 40.4 Å². The van der Waals surface area contributed by atoms with Crippen LogP contribution >= 0.6 is 0 Å². The molecule has 0 unspecified atom stereocenters. The third-order valence-electron chi connectivity index (χ3n) is 4.05. The first kappa shape index (κ1) is 13.0. The molecule has 3 nitrogen and oxygen atoms in total. The van der Waals surface area contributed by atoms with Crippen molar-refractivity contribution in [1.29, 1.82) is 0 Å². The number of fused-ring (bicyclic) bond motifs is 1. The van der Waals surface area contributed by atoms with Crippen LogP contribution < -0.4 is 0 Å². The summed E-state index contributed by atoms with van der Waals surface area (Å²) in [5, 5.41) is 4.57. The van der Waals surface area contributed by atoms with Crippen molar-refractivity contribution in [3.05, 3.63) is 77.7 Å². The highest BCUT2D eigenvalue weighted by Crippen LogP contribution is 2.33. The van der Waals surface area contributed by atoms with Gasteiger partial charge < -0.3 is 0 Å². The molecule has 1 aliphatic carbocycles. The number of rotatable bonds is 2. The number of pyridine rings is 1. The Morgan fingerprint density at radius 2 is 1.82 bits per heavy atom. The molecule has 1 aliphatic rings. The van der Waals surface area contributed by atoms with E-state index in [4.69, 9.17) is 0 Å². The minimum atomic E-state index is 0.879. The molecule has 4 rings (SSSR count). The van der Waals surface area contributed by atoms with E-state index >= 15 is 0 Å². The molecule has 0 spiro atoms. The Labute approximate surface area is 130 Å². The Balaban J connectivity index is 1.84. The van der Waals surface area contributed by atoms with Gasteiger partial charge >= 0.3 is 0 Å². The first-order valence-electron chi connectivity index (χ1n) is 7.66. The van der Waals surface area contributed by atoms with Crippen molar-refractivity contribution in [3.63, 3.8) is 0 Å². The van der Waals surface area contributed by atoms with E-state index in [1.54, 1.807) is 0 Å². The highest BCUT2D eigenvalue weighted by atomic mass is 15.3. The van der Waals surface area contributed by atoms with Crippen LogP contribution in [0.1, 0.15) is 29.7 Å². The number of allylic oxidation sites excluding steroid dienone is 1. The average molecular weight is 287 g/mol. The van der Waals surface area contributed by atoms with Crippen LogP contribution in [0.4, 0.5) is 0 Å². The second kappa shape index (κ2) is 5.60. The van der Waals surface area contributed by atoms with Gasteiger partial charge in [-0.2, -0.15) is 5.10 Å². The van der Waals surface area contributed by atoms with Crippen molar-refractivity contribution < 1.29 is 0 Å². The van der Waals surface area contributed by atoms with Crippen LogP contribution in [0.15, 0.2) is 60.9 Å². The zero-order chi connectivity index (χ0) is 14.8. The minimum Gasteiger partial charge on any atom is -0.237 e. The van der Waals surface area contributed by atoms with Crippen molar-refractivity contribution in [2.75, 3.05) is 0 Å². The van der Waals surface area contributed by atoms with E-state index < -0.39 is 0 Å². The summed E-state index contributed by atoms with van der Waals surface area (Å²) >= 11 is 0. The summed E-state index contributed by atoms with van der Waals surface area (Å²) in [7, 11) is 0. The normalized spacial score (nSPS) is 15.7. The van der Waals surface area contributed by atoms with Gasteiger partial charge in [0.15, 0.2) is 5.82 Å². The summed E-state index contributed by atoms with van der Waals surface area (Å²) in [6.45, 7) is 0. The van der Waals surface area contributed by atoms with Crippen molar-refractivity contribution >= 4 is 11.6 Å². The molecule has 0 aliphatic heterocycles. The molecular weight excluding hydrogens is 270 g/mol. The summed E-state index contributed by atoms with van der Waals surface area (Å²) in [5.74, 6) is 0.879. The maximum absolute atomic E-state index is 4.57. The number of aromatic nitrogens is 3. The monoisotopic (exact) mass is 287 g/mol. The number of hydrogen-bond acceptors (Lipinski definition) is 2. The lowest BCUT2D eigenvalue weighted by Crippen LogP contribution is -2.08. The lowest BCUT2D eigenvalue weighted by atomic mass is 9.91. The Kier molecular flexibility index (Phi) is 3.31. The van der Waals surface area contributed by atoms with Crippen LogP contribution in [-0.4, -0.2) is 14.8 Å². The summed E-state index contributed by atoms with van der Waals surface area (Å²) in [5.41, 5.74) is 5.11. The quantitative estimate of drug-likeness (QED) is 0.709. The smallest absolute Gasteiger partial charge is 0.153 e. The molecule has 0 saturated carbocycles. The summed E-state index contributed by atoms with van der Waals surface area (Å²) in [4.78, 5) is 4.44. The third-order valence-corrected chi connectivity index (χ3v) is 4.05. The Bertz CT molecular complexity index is 801. The van der Waals surface area contributed by atoms with E-state index in [-0.39, 0.29) is 0 Å². The molecule has 0 bridgehead atoms. The molecule has 22 heavy (non-hydrogen) atoms. The minimum absolute atomic E-state index is 0.879. The van der Waals surface area contributed by atoms with Gasteiger partial charge in [0.2, 0.25) is 0 Å². The molecule has 0 amide bonds. The Hall–Kier alpha value is -2.68. The second-order valence-electron chi connectivity index (χ2n) is 5.55. The zero-order valence-corrected chi connectivity index (χ0v) is 12.3. The summed E-state index contributed by atoms with van der Waals surface area (Å²) in [6, 6.07) is 16.4. The maximum atomic E-state index is 4.57. The maximum Gasteiger partial charge on any atom is 0.153 e. The molecule has 0 radical (unpaired) electrons. The van der Waals surface area contributed by atoms with Gasteiger partial charge in [0.25, 0.3) is 0 Å². The van der Waals surface area contributed by atoms with Crippen molar-refractivity contribution in [3.8, 4) is 5.82 Å². The van der Waals surface area contributed by atoms with E-state index in [0.717, 1.165) is 18.7 Å². The Morgan fingerprint density at radius 3 is 2.64 bits per heavy atom. The standard InChI is InChI=1S/C19H17N3/c1-2-7-15(8-3-1)13-16-9-6-10-17-14-21-22(19(16)17)18-11-4-5-12-20-18/h1-5,7-8,11-14H,6,9-10H2/b16-13+. The van der Waals surface area contributed by atoms with Gasteiger partial charge in [-0.25, -0.2) is 9.67 Å². The van der Waals surface area contributed by atoms with E-state index in [0.29, 0.717) is 0 Å². The first-order valence-corrected chi connectivity index (χ1v) is 7.66. The molecule has 1 aromatic carbocycles. The largest absolute Gasteiger partial charge is 0.237 e. The van der Waals surface area contributed by atoms with Gasteiger partial charge in [-0.3, -0.25) is 0 Å². The molecule has 0 fully saturated rings. The molecule has 2 heterocycles. The van der Waals surface area contributed by atoms with Crippen LogP contribution in [0.5, 0.6) is 0 Å². The van der Waals surface area contributed by atoms with Gasteiger partial charge in [-0.1, -0.05) is 36.4 Å². The van der Waals surface area contributed by atoms with Crippen LogP contribution in [-0.2, 0) is 6.42 Å². The number of benzene rings is 1. The number of aryl methyl sites for hydroxylation is 1. The second-order valence-corrected chi connectivity index (χ2v) is 5.55. The fourth-order valence-electron chi connectivity index (χ4n) is 3.04. The highest BCUT2D eigenvalue weighted by Gasteiger charge is 2.20. The van der Waals surface area contributed by atoms with E-state index in [1.165, 1.54) is 28.8 Å². The van der Waals surface area contributed by atoms with Gasteiger partial charge in [0.05, 0.1) is 11.9 Å². The molecule has 3 aromatic rings. The Morgan fingerprint density at radius 1 is 0.955 bits per heavy atom. The lowest BCUT2D eigenvalue weighted by molar-refractivity contribution is 0.785. The van der Waals surface area contributed by atoms with Crippen molar-refractivity contribution in [2.24, 2.45) is 0 Å². The fraction of sp³-hybridized carbons (Fsp3) is 0.158. The van der Waals surface area contributed by atoms with Gasteiger partial charge in [0, 0.05) is 6.20 Å². The van der Waals surface area contributed by atoms with Gasteiger partial charge in [-0.15, -0.1) is 0 Å². The fourth-order valence-corrected chi connectivity index (χ4v) is 3.04. The highest BCUT2D eigenvalue weighted by molar-refractivity contribution is 5.82. The topological polar surface area (TPSA) is 30.7 Å². The van der Waals surface area contributed by atoms with Crippen LogP contribution in [0.3, 0.4) is 0 Å². The summed E-state index contributed by atoms with van der Waals surface area (Å²) < 4.78 is 1.98. The van der Waals surface area contributed by atoms with E-state index in [1.807, 2.05) is 41.3 Å². The zero-order valence-electron chi connectivity index (χ0n) is 12.3. The number of nitrogens with zero attached hydrogens (tertiary/aromatic N) is 3. The molecule has 3 heteroatoms. The van der Waals surface area contributed by atoms with Gasteiger partial charge in [0.1, 0.15) is 0 Å². The predicted octanol–water partition coefficient (Wildman–Crippen LogP) is 4.14. The molecule has 0 atom stereocenters. The van der Waals surface area contributed by atoms with Crippen molar-refractivity contribution in [1.82, 2.24) is 14.8 Å². The lowest BCUT2D eigenvalue weighted by Gasteiger charge is -2.17. The molecular formula is C19H17N3. The van der Waals surface area contributed by atoms with Crippen LogP contribution in [0, 0.1) is 0 Å². The molecule has 2 aromatic heterocycles. The molecule has 108 valence electrons. The van der Waals surface area contributed by atoms with Crippen molar-refractivity contribution in [2.45, 2.75) is 19.3 Å². The average Bonchev–Trinajstić information content (AvgIpc) is 3.02. The predicted molar refractivity (Wildman–Crippen MR) is 88.6 cm³/mol. The van der Waals surface area contributed by atoms with Crippen LogP contribution in [0.2, 0.25) is 0 Å². The third kappa shape index (κ3) is 2.35. The summed E-state index contributed by atoms with van der Waals surface area (Å²) in [6.07, 6.45) is 9.43. The SMILES string of the molecule is C(=C1/CCCc2cnn(-c3ccccn3)c21)/c1ccccc1. The van der Waals surface area contributed by atoms with Crippen LogP contribution in [0.25, 0.3) is 17.5 Å². The van der Waals surface area contributed by atoms with E-state index in [9.17, 15) is 0 Å². The first-order chi connectivity index (χ1) is 10.9. The molecule has 0 saturated heterocycles. The number of hydrogen-bond donors (Lipinski definition) is 0. The molecule has 0 N–H and O–H groups in total.